The van der Waals surface area contributed by atoms with Gasteiger partial charge >= 0.3 is 0 Å². The van der Waals surface area contributed by atoms with E-state index in [0.717, 1.165) is 38.3 Å². The number of fused-ring (bicyclic) bond motifs is 5. The van der Waals surface area contributed by atoms with E-state index in [2.05, 4.69) is 221 Å². The molecule has 9 rings (SSSR count). The fourth-order valence-corrected chi connectivity index (χ4v) is 7.43. The van der Waals surface area contributed by atoms with Crippen LogP contribution in [0.3, 0.4) is 0 Å². The van der Waals surface area contributed by atoms with Gasteiger partial charge in [0.05, 0.1) is 11.0 Å². The number of allylic oxidation sites excluding steroid dienone is 3. The molecule has 0 unspecified atom stereocenters. The summed E-state index contributed by atoms with van der Waals surface area (Å²) in [5, 5.41) is 7.43. The van der Waals surface area contributed by atoms with Crippen LogP contribution in [0, 0.1) is 0 Å². The van der Waals surface area contributed by atoms with Crippen molar-refractivity contribution in [1.82, 2.24) is 4.57 Å². The molecular weight excluding hydrogens is 720 g/mol. The van der Waals surface area contributed by atoms with Gasteiger partial charge in [0, 0.05) is 38.0 Å². The van der Waals surface area contributed by atoms with Crippen molar-refractivity contribution in [3.63, 3.8) is 0 Å². The molecular formula is C51H41BrN2. The van der Waals surface area contributed by atoms with Gasteiger partial charge in [-0.15, -0.1) is 6.58 Å². The Labute approximate surface area is 326 Å². The summed E-state index contributed by atoms with van der Waals surface area (Å²) in [6, 6.07) is 63.5. The molecule has 0 aliphatic carbocycles. The molecule has 0 aliphatic rings. The molecule has 0 aliphatic heterocycles. The third-order valence-electron chi connectivity index (χ3n) is 9.33. The maximum Gasteiger partial charge on any atom is 0.0541 e. The van der Waals surface area contributed by atoms with Crippen molar-refractivity contribution in [3.8, 4) is 16.8 Å². The van der Waals surface area contributed by atoms with Gasteiger partial charge < -0.3 is 9.47 Å². The maximum atomic E-state index is 3.87. The minimum atomic E-state index is 1.03. The van der Waals surface area contributed by atoms with Crippen LogP contribution in [-0.2, 0) is 0 Å². The molecule has 3 heteroatoms. The van der Waals surface area contributed by atoms with Gasteiger partial charge in [0.25, 0.3) is 0 Å². The van der Waals surface area contributed by atoms with E-state index in [0.29, 0.717) is 0 Å². The Balaban J connectivity index is 0.000000597. The van der Waals surface area contributed by atoms with Crippen LogP contribution in [0.5, 0.6) is 0 Å². The molecule has 0 fully saturated rings. The van der Waals surface area contributed by atoms with Crippen molar-refractivity contribution in [2.45, 2.75) is 6.92 Å². The lowest BCUT2D eigenvalue weighted by molar-refractivity contribution is 1.18. The molecule has 0 bridgehead atoms. The highest BCUT2D eigenvalue weighted by Gasteiger charge is 2.17. The van der Waals surface area contributed by atoms with Gasteiger partial charge in [-0.1, -0.05) is 157 Å². The number of nitrogens with zero attached hydrogens (tertiary/aromatic N) is 2. The topological polar surface area (TPSA) is 8.17 Å². The second kappa shape index (κ2) is 16.5. The molecule has 9 aromatic rings. The fraction of sp³-hybridized carbons (Fsp3) is 0.0196. The summed E-state index contributed by atoms with van der Waals surface area (Å²) in [5.74, 6) is 0. The average Bonchev–Trinajstić information content (AvgIpc) is 3.55. The van der Waals surface area contributed by atoms with E-state index in [-0.39, 0.29) is 0 Å². The van der Waals surface area contributed by atoms with Gasteiger partial charge in [0.15, 0.2) is 0 Å². The monoisotopic (exact) mass is 760 g/mol. The summed E-state index contributed by atoms with van der Waals surface area (Å²) in [5.41, 5.74) is 9.21. The number of anilines is 3. The molecule has 0 saturated carbocycles. The highest BCUT2D eigenvalue weighted by atomic mass is 79.9. The molecule has 8 aromatic carbocycles. The molecule has 0 saturated heterocycles. The van der Waals surface area contributed by atoms with Crippen LogP contribution in [0.2, 0.25) is 0 Å². The Bertz CT molecular complexity index is 2610. The van der Waals surface area contributed by atoms with Crippen molar-refractivity contribution >= 4 is 76.3 Å². The SMILES string of the molecule is Brc1cc(-c2ccc(-n3c4ccccc4c4ccccc43)cc2)cc(N(c2ccc3ccccc3c2)c2ccc3ccccc3c2)c1.C=CC.C=CC=C. The van der Waals surface area contributed by atoms with Crippen LogP contribution in [-0.4, -0.2) is 4.57 Å². The third-order valence-corrected chi connectivity index (χ3v) is 9.79. The van der Waals surface area contributed by atoms with Crippen LogP contribution in [0.25, 0.3) is 60.2 Å². The number of benzene rings is 8. The van der Waals surface area contributed by atoms with Gasteiger partial charge in [0.1, 0.15) is 0 Å². The number of hydrogen-bond donors (Lipinski definition) is 0. The molecule has 1 aromatic heterocycles. The molecule has 2 nitrogen and oxygen atoms in total. The first-order valence-corrected chi connectivity index (χ1v) is 18.8. The lowest BCUT2D eigenvalue weighted by Gasteiger charge is -2.27. The molecule has 0 spiro atoms. The Morgan fingerprint density at radius 3 is 1.43 bits per heavy atom. The maximum absolute atomic E-state index is 3.87. The zero-order chi connectivity index (χ0) is 37.4. The van der Waals surface area contributed by atoms with E-state index < -0.39 is 0 Å². The summed E-state index contributed by atoms with van der Waals surface area (Å²) < 4.78 is 3.39. The number of aromatic nitrogens is 1. The van der Waals surface area contributed by atoms with Crippen molar-refractivity contribution in [1.29, 1.82) is 0 Å². The number of halogens is 1. The van der Waals surface area contributed by atoms with Crippen molar-refractivity contribution < 1.29 is 0 Å². The van der Waals surface area contributed by atoms with E-state index in [1.54, 1.807) is 18.2 Å². The number of rotatable bonds is 6. The zero-order valence-corrected chi connectivity index (χ0v) is 32.0. The highest BCUT2D eigenvalue weighted by molar-refractivity contribution is 9.10. The Morgan fingerprint density at radius 2 is 0.926 bits per heavy atom. The van der Waals surface area contributed by atoms with Gasteiger partial charge in [-0.3, -0.25) is 0 Å². The fourth-order valence-electron chi connectivity index (χ4n) is 6.95. The van der Waals surface area contributed by atoms with Crippen LogP contribution >= 0.6 is 15.9 Å². The summed E-state index contributed by atoms with van der Waals surface area (Å²) >= 11 is 3.87. The Hall–Kier alpha value is -6.42. The first kappa shape index (κ1) is 36.0. The second-order valence-electron chi connectivity index (χ2n) is 12.9. The summed E-state index contributed by atoms with van der Waals surface area (Å²) in [6.07, 6.45) is 5.03. The Kier molecular flexibility index (Phi) is 11.0. The quantitative estimate of drug-likeness (QED) is 0.121. The minimum Gasteiger partial charge on any atom is -0.310 e. The molecule has 54 heavy (non-hydrogen) atoms. The minimum absolute atomic E-state index is 1.03. The van der Waals surface area contributed by atoms with Gasteiger partial charge in [-0.2, -0.15) is 0 Å². The molecule has 0 atom stereocenters. The first-order chi connectivity index (χ1) is 26.5. The van der Waals surface area contributed by atoms with E-state index in [1.807, 2.05) is 6.92 Å². The third kappa shape index (κ3) is 7.41. The lowest BCUT2D eigenvalue weighted by Crippen LogP contribution is -2.10. The van der Waals surface area contributed by atoms with Crippen LogP contribution in [0.1, 0.15) is 6.92 Å². The predicted molar refractivity (Wildman–Crippen MR) is 240 cm³/mol. The van der Waals surface area contributed by atoms with Crippen molar-refractivity contribution in [3.05, 3.63) is 218 Å². The van der Waals surface area contributed by atoms with Gasteiger partial charge in [0.2, 0.25) is 0 Å². The average molecular weight is 762 g/mol. The van der Waals surface area contributed by atoms with Crippen LogP contribution in [0.4, 0.5) is 17.1 Å². The standard InChI is InChI=1S/C44H29BrN2.C4H6.C3H6/c45-36-25-35(32-17-21-37(22-18-32)47-43-15-7-5-13-41(43)42-14-6-8-16-44(42)47)28-40(29-36)46(38-23-19-30-9-1-3-11-33(30)26-38)39-24-20-31-10-2-4-12-34(31)27-39;1-3-4-2;1-3-2/h1-29H;3-4H,1-2H2;3H,1H2,2H3. The lowest BCUT2D eigenvalue weighted by atomic mass is 10.0. The van der Waals surface area contributed by atoms with Crippen LogP contribution < -0.4 is 4.90 Å². The van der Waals surface area contributed by atoms with E-state index in [4.69, 9.17) is 0 Å². The summed E-state index contributed by atoms with van der Waals surface area (Å²) in [6.45, 7) is 12.0. The van der Waals surface area contributed by atoms with E-state index in [1.165, 1.54) is 43.4 Å². The van der Waals surface area contributed by atoms with E-state index in [9.17, 15) is 0 Å². The highest BCUT2D eigenvalue weighted by Crippen LogP contribution is 2.41. The molecule has 0 amide bonds. The first-order valence-electron chi connectivity index (χ1n) is 18.0. The number of hydrogen-bond acceptors (Lipinski definition) is 1. The smallest absolute Gasteiger partial charge is 0.0541 e. The van der Waals surface area contributed by atoms with E-state index >= 15 is 0 Å². The van der Waals surface area contributed by atoms with Crippen molar-refractivity contribution in [2.24, 2.45) is 0 Å². The zero-order valence-electron chi connectivity index (χ0n) is 30.4. The van der Waals surface area contributed by atoms with Crippen molar-refractivity contribution in [2.75, 3.05) is 4.90 Å². The Morgan fingerprint density at radius 1 is 0.463 bits per heavy atom. The largest absolute Gasteiger partial charge is 0.310 e. The summed E-state index contributed by atoms with van der Waals surface area (Å²) in [7, 11) is 0. The summed E-state index contributed by atoms with van der Waals surface area (Å²) in [4.78, 5) is 2.36. The second-order valence-corrected chi connectivity index (χ2v) is 13.8. The normalized spacial score (nSPS) is 10.6. The van der Waals surface area contributed by atoms with Gasteiger partial charge in [-0.05, 0) is 106 Å². The molecule has 262 valence electrons. The predicted octanol–water partition coefficient (Wildman–Crippen LogP) is 15.5. The molecule has 1 heterocycles. The van der Waals surface area contributed by atoms with Crippen LogP contribution in [0.15, 0.2) is 218 Å². The molecule has 0 N–H and O–H groups in total. The van der Waals surface area contributed by atoms with Gasteiger partial charge in [-0.25, -0.2) is 0 Å². The molecule has 0 radical (unpaired) electrons. The number of para-hydroxylation sites is 2.